The number of carboxylic acids is 1. The SMILES string of the molecule is O=C(O)c1ccc2[nH]nc(C=Cc3cccc(F)c3)c2n1. The van der Waals surface area contributed by atoms with Crippen LogP contribution in [-0.4, -0.2) is 26.3 Å². The molecule has 5 nitrogen and oxygen atoms in total. The Kier molecular flexibility index (Phi) is 3.19. The highest BCUT2D eigenvalue weighted by atomic mass is 19.1. The Morgan fingerprint density at radius 1 is 1.24 bits per heavy atom. The molecule has 2 heterocycles. The Morgan fingerprint density at radius 2 is 2.10 bits per heavy atom. The lowest BCUT2D eigenvalue weighted by atomic mass is 10.2. The van der Waals surface area contributed by atoms with Crippen molar-refractivity contribution in [3.05, 3.63) is 59.2 Å². The van der Waals surface area contributed by atoms with Gasteiger partial charge in [-0.3, -0.25) is 5.10 Å². The smallest absolute Gasteiger partial charge is 0.354 e. The van der Waals surface area contributed by atoms with E-state index in [0.29, 0.717) is 22.3 Å². The predicted molar refractivity (Wildman–Crippen MR) is 76.2 cm³/mol. The molecular weight excluding hydrogens is 273 g/mol. The van der Waals surface area contributed by atoms with Crippen molar-refractivity contribution in [3.63, 3.8) is 0 Å². The van der Waals surface area contributed by atoms with E-state index < -0.39 is 5.97 Å². The molecule has 0 bridgehead atoms. The first-order chi connectivity index (χ1) is 10.1. The molecule has 0 spiro atoms. The minimum absolute atomic E-state index is 0.0516. The molecule has 104 valence electrons. The zero-order valence-corrected chi connectivity index (χ0v) is 10.7. The van der Waals surface area contributed by atoms with Crippen molar-refractivity contribution in [3.8, 4) is 0 Å². The van der Waals surface area contributed by atoms with Crippen LogP contribution in [0.5, 0.6) is 0 Å². The molecule has 0 unspecified atom stereocenters. The highest BCUT2D eigenvalue weighted by molar-refractivity contribution is 5.91. The van der Waals surface area contributed by atoms with Gasteiger partial charge in [0.1, 0.15) is 22.7 Å². The summed E-state index contributed by atoms with van der Waals surface area (Å²) in [6.07, 6.45) is 3.35. The third-order valence-electron chi connectivity index (χ3n) is 2.94. The second-order valence-corrected chi connectivity index (χ2v) is 4.39. The number of H-pyrrole nitrogens is 1. The van der Waals surface area contributed by atoms with Crippen LogP contribution in [0.4, 0.5) is 4.39 Å². The lowest BCUT2D eigenvalue weighted by Gasteiger charge is -1.95. The average molecular weight is 283 g/mol. The summed E-state index contributed by atoms with van der Waals surface area (Å²) in [5.74, 6) is -1.42. The first-order valence-electron chi connectivity index (χ1n) is 6.15. The molecule has 21 heavy (non-hydrogen) atoms. The first-order valence-corrected chi connectivity index (χ1v) is 6.15. The van der Waals surface area contributed by atoms with Crippen LogP contribution in [0.25, 0.3) is 23.2 Å². The number of nitrogens with zero attached hydrogens (tertiary/aromatic N) is 2. The molecular formula is C15H10FN3O2. The Labute approximate surface area is 118 Å². The van der Waals surface area contributed by atoms with Gasteiger partial charge in [-0.2, -0.15) is 5.10 Å². The van der Waals surface area contributed by atoms with E-state index in [2.05, 4.69) is 15.2 Å². The number of halogens is 1. The van der Waals surface area contributed by atoms with Crippen molar-refractivity contribution >= 4 is 29.2 Å². The van der Waals surface area contributed by atoms with E-state index >= 15 is 0 Å². The van der Waals surface area contributed by atoms with Crippen molar-refractivity contribution in [1.29, 1.82) is 0 Å². The number of hydrogen-bond acceptors (Lipinski definition) is 3. The van der Waals surface area contributed by atoms with E-state index in [0.717, 1.165) is 0 Å². The highest BCUT2D eigenvalue weighted by Crippen LogP contribution is 2.17. The van der Waals surface area contributed by atoms with Crippen LogP contribution in [0.3, 0.4) is 0 Å². The molecule has 0 atom stereocenters. The molecule has 0 fully saturated rings. The van der Waals surface area contributed by atoms with Gasteiger partial charge in [0, 0.05) is 0 Å². The minimum Gasteiger partial charge on any atom is -0.477 e. The summed E-state index contributed by atoms with van der Waals surface area (Å²) in [5.41, 5.74) is 2.23. The van der Waals surface area contributed by atoms with Crippen molar-refractivity contribution in [1.82, 2.24) is 15.2 Å². The van der Waals surface area contributed by atoms with Crippen molar-refractivity contribution in [2.24, 2.45) is 0 Å². The van der Waals surface area contributed by atoms with Gasteiger partial charge in [0.15, 0.2) is 0 Å². The maximum atomic E-state index is 13.1. The standard InChI is InChI=1S/C15H10FN3O2/c16-10-3-1-2-9(8-10)4-5-11-14-12(19-18-11)6-7-13(17-14)15(20)21/h1-8H,(H,18,19)(H,20,21). The monoisotopic (exact) mass is 283 g/mol. The van der Waals surface area contributed by atoms with E-state index in [-0.39, 0.29) is 11.5 Å². The largest absolute Gasteiger partial charge is 0.477 e. The number of aromatic amines is 1. The molecule has 0 saturated carbocycles. The molecule has 3 rings (SSSR count). The van der Waals surface area contributed by atoms with Crippen LogP contribution >= 0.6 is 0 Å². The Hall–Kier alpha value is -3.02. The van der Waals surface area contributed by atoms with E-state index in [1.165, 1.54) is 18.2 Å². The summed E-state index contributed by atoms with van der Waals surface area (Å²) in [6.45, 7) is 0. The van der Waals surface area contributed by atoms with Gasteiger partial charge < -0.3 is 5.11 Å². The number of rotatable bonds is 3. The zero-order valence-electron chi connectivity index (χ0n) is 10.7. The topological polar surface area (TPSA) is 78.9 Å². The first kappa shape index (κ1) is 13.0. The van der Waals surface area contributed by atoms with Gasteiger partial charge in [-0.05, 0) is 35.9 Å². The number of pyridine rings is 1. The number of aromatic carboxylic acids is 1. The van der Waals surface area contributed by atoms with Crippen LogP contribution in [0.1, 0.15) is 21.7 Å². The quantitative estimate of drug-likeness (QED) is 0.774. The summed E-state index contributed by atoms with van der Waals surface area (Å²) >= 11 is 0. The van der Waals surface area contributed by atoms with Gasteiger partial charge >= 0.3 is 5.97 Å². The summed E-state index contributed by atoms with van der Waals surface area (Å²) in [4.78, 5) is 15.0. The summed E-state index contributed by atoms with van der Waals surface area (Å²) in [6, 6.07) is 9.13. The number of nitrogens with one attached hydrogen (secondary N) is 1. The van der Waals surface area contributed by atoms with E-state index in [9.17, 15) is 9.18 Å². The van der Waals surface area contributed by atoms with Crippen molar-refractivity contribution in [2.75, 3.05) is 0 Å². The lowest BCUT2D eigenvalue weighted by molar-refractivity contribution is 0.0691. The fraction of sp³-hybridized carbons (Fsp3) is 0. The summed E-state index contributed by atoms with van der Waals surface area (Å²) < 4.78 is 13.1. The number of benzene rings is 1. The van der Waals surface area contributed by atoms with Crippen molar-refractivity contribution in [2.45, 2.75) is 0 Å². The van der Waals surface area contributed by atoms with Gasteiger partial charge in [0.2, 0.25) is 0 Å². The fourth-order valence-electron chi connectivity index (χ4n) is 1.94. The third-order valence-corrected chi connectivity index (χ3v) is 2.94. The molecule has 0 aliphatic rings. The van der Waals surface area contributed by atoms with E-state index in [1.807, 2.05) is 0 Å². The van der Waals surface area contributed by atoms with Gasteiger partial charge in [-0.15, -0.1) is 0 Å². The Bertz CT molecular complexity index is 855. The second kappa shape index (κ2) is 5.16. The molecule has 0 aliphatic heterocycles. The average Bonchev–Trinajstić information content (AvgIpc) is 2.87. The number of hydrogen-bond donors (Lipinski definition) is 2. The predicted octanol–water partition coefficient (Wildman–Crippen LogP) is 2.97. The summed E-state index contributed by atoms with van der Waals surface area (Å²) in [7, 11) is 0. The second-order valence-electron chi connectivity index (χ2n) is 4.39. The molecule has 3 aromatic rings. The molecule has 0 radical (unpaired) electrons. The van der Waals surface area contributed by atoms with Crippen LogP contribution in [0.15, 0.2) is 36.4 Å². The van der Waals surface area contributed by atoms with Crippen LogP contribution in [0, 0.1) is 5.82 Å². The van der Waals surface area contributed by atoms with E-state index in [1.54, 1.807) is 30.4 Å². The number of aromatic nitrogens is 3. The Balaban J connectivity index is 2.00. The molecule has 6 heteroatoms. The normalized spacial score (nSPS) is 11.3. The molecule has 0 aliphatic carbocycles. The number of carbonyl (C=O) groups is 1. The maximum absolute atomic E-state index is 13.1. The van der Waals surface area contributed by atoms with E-state index in [4.69, 9.17) is 5.11 Å². The maximum Gasteiger partial charge on any atom is 0.354 e. The molecule has 2 N–H and O–H groups in total. The minimum atomic E-state index is -1.10. The Morgan fingerprint density at radius 3 is 2.86 bits per heavy atom. The van der Waals surface area contributed by atoms with Gasteiger partial charge in [-0.1, -0.05) is 18.2 Å². The zero-order chi connectivity index (χ0) is 14.8. The highest BCUT2D eigenvalue weighted by Gasteiger charge is 2.09. The van der Waals surface area contributed by atoms with Gasteiger partial charge in [-0.25, -0.2) is 14.2 Å². The van der Waals surface area contributed by atoms with Gasteiger partial charge in [0.25, 0.3) is 0 Å². The lowest BCUT2D eigenvalue weighted by Crippen LogP contribution is -1.99. The van der Waals surface area contributed by atoms with Gasteiger partial charge in [0.05, 0.1) is 5.52 Å². The third kappa shape index (κ3) is 2.64. The molecule has 0 saturated heterocycles. The molecule has 1 aromatic carbocycles. The van der Waals surface area contributed by atoms with Crippen LogP contribution in [0.2, 0.25) is 0 Å². The fourth-order valence-corrected chi connectivity index (χ4v) is 1.94. The van der Waals surface area contributed by atoms with Crippen LogP contribution < -0.4 is 0 Å². The number of carboxylic acid groups (broad SMARTS) is 1. The number of fused-ring (bicyclic) bond motifs is 1. The van der Waals surface area contributed by atoms with Crippen LogP contribution in [-0.2, 0) is 0 Å². The summed E-state index contributed by atoms with van der Waals surface area (Å²) in [5, 5.41) is 15.8. The molecule has 2 aromatic heterocycles. The van der Waals surface area contributed by atoms with Crippen molar-refractivity contribution < 1.29 is 14.3 Å². The molecule has 0 amide bonds.